The van der Waals surface area contributed by atoms with Crippen molar-refractivity contribution in [2.24, 2.45) is 5.73 Å². The molecule has 3 aromatic rings. The molecule has 1 saturated heterocycles. The topological polar surface area (TPSA) is 136 Å². The molecule has 0 aliphatic carbocycles. The van der Waals surface area contributed by atoms with E-state index in [1.165, 1.54) is 73.7 Å². The summed E-state index contributed by atoms with van der Waals surface area (Å²) >= 11 is 12.6. The van der Waals surface area contributed by atoms with E-state index in [9.17, 15) is 22.8 Å². The zero-order valence-corrected chi connectivity index (χ0v) is 25.7. The van der Waals surface area contributed by atoms with Crippen molar-refractivity contribution in [2.75, 3.05) is 31.6 Å². The number of halogens is 2. The third-order valence-corrected chi connectivity index (χ3v) is 9.62. The lowest BCUT2D eigenvalue weighted by Gasteiger charge is -2.35. The molecular formula is C30H29Cl2N3O7S. The molecule has 0 spiro atoms. The van der Waals surface area contributed by atoms with E-state index < -0.39 is 39.7 Å². The maximum Gasteiger partial charge on any atom is 0.264 e. The number of sulfonamides is 1. The number of ether oxygens (including phenoxy) is 2. The summed E-state index contributed by atoms with van der Waals surface area (Å²) in [6.07, 6.45) is 1.97. The maximum atomic E-state index is 14.4. The second-order valence-electron chi connectivity index (χ2n) is 9.64. The molecule has 1 atom stereocenters. The van der Waals surface area contributed by atoms with Crippen LogP contribution in [0.3, 0.4) is 0 Å². The zero-order valence-electron chi connectivity index (χ0n) is 23.4. The highest BCUT2D eigenvalue weighted by Gasteiger charge is 2.47. The number of hydrogen-bond acceptors (Lipinski definition) is 7. The Hall–Kier alpha value is -4.06. The number of likely N-dealkylation sites (tertiary alicyclic amines) is 1. The van der Waals surface area contributed by atoms with Gasteiger partial charge in [0.1, 0.15) is 12.1 Å². The monoisotopic (exact) mass is 645 g/mol. The van der Waals surface area contributed by atoms with Crippen molar-refractivity contribution in [3.8, 4) is 11.5 Å². The molecule has 43 heavy (non-hydrogen) atoms. The largest absolute Gasteiger partial charge is 0.493 e. The smallest absolute Gasteiger partial charge is 0.264 e. The zero-order chi connectivity index (χ0) is 31.5. The van der Waals surface area contributed by atoms with Gasteiger partial charge in [0.25, 0.3) is 10.0 Å². The van der Waals surface area contributed by atoms with Gasteiger partial charge in [-0.15, -0.1) is 6.58 Å². The summed E-state index contributed by atoms with van der Waals surface area (Å²) in [6.45, 7) is 3.06. The Morgan fingerprint density at radius 1 is 1.02 bits per heavy atom. The first-order valence-corrected chi connectivity index (χ1v) is 15.2. The molecule has 0 saturated carbocycles. The van der Waals surface area contributed by atoms with Gasteiger partial charge in [-0.25, -0.2) is 8.42 Å². The fourth-order valence-electron chi connectivity index (χ4n) is 5.07. The number of anilines is 1. The predicted octanol–water partition coefficient (Wildman–Crippen LogP) is 4.47. The van der Waals surface area contributed by atoms with Crippen LogP contribution in [0.5, 0.6) is 11.5 Å². The summed E-state index contributed by atoms with van der Waals surface area (Å²) in [5.41, 5.74) is 4.02. The first kappa shape index (κ1) is 31.9. The Morgan fingerprint density at radius 3 is 2.35 bits per heavy atom. The summed E-state index contributed by atoms with van der Waals surface area (Å²) in [5.74, 6) is -1.74. The van der Waals surface area contributed by atoms with E-state index in [0.717, 1.165) is 4.31 Å². The second kappa shape index (κ2) is 12.7. The van der Waals surface area contributed by atoms with Crippen LogP contribution in [0, 0.1) is 0 Å². The molecular weight excluding hydrogens is 617 g/mol. The van der Waals surface area contributed by atoms with Crippen molar-refractivity contribution < 1.29 is 32.3 Å². The van der Waals surface area contributed by atoms with Crippen LogP contribution in [-0.4, -0.2) is 63.8 Å². The number of carbonyl (C=O) groups is 3. The molecule has 226 valence electrons. The quantitative estimate of drug-likeness (QED) is 0.240. The van der Waals surface area contributed by atoms with E-state index in [-0.39, 0.29) is 56.2 Å². The van der Waals surface area contributed by atoms with Gasteiger partial charge in [0.15, 0.2) is 17.3 Å². The Morgan fingerprint density at radius 2 is 1.72 bits per heavy atom. The molecule has 1 heterocycles. The fourth-order valence-corrected chi connectivity index (χ4v) is 6.91. The molecule has 3 aromatic carbocycles. The van der Waals surface area contributed by atoms with Crippen LogP contribution in [0.4, 0.5) is 5.69 Å². The lowest BCUT2D eigenvalue weighted by molar-refractivity contribution is -0.139. The molecule has 0 bridgehead atoms. The minimum absolute atomic E-state index is 0.0985. The molecule has 1 fully saturated rings. The minimum Gasteiger partial charge on any atom is -0.493 e. The highest BCUT2D eigenvalue weighted by molar-refractivity contribution is 7.92. The van der Waals surface area contributed by atoms with Gasteiger partial charge in [0, 0.05) is 28.8 Å². The standard InChI is InChI=1S/C30H29Cl2N3O7S/c1-4-30(29(33)38)14-7-15-34(30)27(36)18-35(43(39,40)20-11-13-25(41-2)26(17-20)42-3)24-12-10-19(31)16-22(24)28(37)21-8-5-6-9-23(21)32/h4-6,8-13,16-17H,1,7,14-15,18H2,2-3H3,(H2,33,38)/t30-/m0/s1. The van der Waals surface area contributed by atoms with E-state index in [1.54, 1.807) is 12.1 Å². The summed E-state index contributed by atoms with van der Waals surface area (Å²) in [5, 5.41) is 0.283. The second-order valence-corrected chi connectivity index (χ2v) is 12.3. The minimum atomic E-state index is -4.58. The van der Waals surface area contributed by atoms with Crippen molar-refractivity contribution in [1.82, 2.24) is 4.90 Å². The fraction of sp³-hybridized carbons (Fsp3) is 0.233. The molecule has 0 radical (unpaired) electrons. The molecule has 2 amide bonds. The highest BCUT2D eigenvalue weighted by atomic mass is 35.5. The van der Waals surface area contributed by atoms with E-state index in [2.05, 4.69) is 6.58 Å². The maximum absolute atomic E-state index is 14.4. The Bertz CT molecular complexity index is 1710. The van der Waals surface area contributed by atoms with Gasteiger partial charge in [0.2, 0.25) is 11.8 Å². The average molecular weight is 647 g/mol. The van der Waals surface area contributed by atoms with Crippen LogP contribution in [0.2, 0.25) is 10.0 Å². The van der Waals surface area contributed by atoms with Gasteiger partial charge >= 0.3 is 0 Å². The number of benzene rings is 3. The third-order valence-electron chi connectivity index (χ3n) is 7.30. The SMILES string of the molecule is C=C[C@@]1(C(N)=O)CCCN1C(=O)CN(c1ccc(Cl)cc1C(=O)c1ccccc1Cl)S(=O)(=O)c1ccc(OC)c(OC)c1. The van der Waals surface area contributed by atoms with Gasteiger partial charge < -0.3 is 20.1 Å². The Balaban J connectivity index is 1.92. The van der Waals surface area contributed by atoms with Gasteiger partial charge in [-0.3, -0.25) is 18.7 Å². The van der Waals surface area contributed by atoms with Crippen molar-refractivity contribution in [2.45, 2.75) is 23.3 Å². The molecule has 1 aliphatic rings. The normalized spacial score (nSPS) is 16.4. The summed E-state index contributed by atoms with van der Waals surface area (Å²) in [4.78, 5) is 41.1. The lowest BCUT2D eigenvalue weighted by atomic mass is 9.95. The van der Waals surface area contributed by atoms with Crippen LogP contribution in [-0.2, 0) is 19.6 Å². The predicted molar refractivity (Wildman–Crippen MR) is 163 cm³/mol. The highest BCUT2D eigenvalue weighted by Crippen LogP contribution is 2.37. The molecule has 1 aliphatic heterocycles. The molecule has 13 heteroatoms. The first-order chi connectivity index (χ1) is 20.4. The van der Waals surface area contributed by atoms with E-state index in [4.69, 9.17) is 38.4 Å². The van der Waals surface area contributed by atoms with Crippen molar-refractivity contribution in [3.63, 3.8) is 0 Å². The average Bonchev–Trinajstić information content (AvgIpc) is 3.45. The van der Waals surface area contributed by atoms with E-state index in [1.807, 2.05) is 0 Å². The summed E-state index contributed by atoms with van der Waals surface area (Å²) in [6, 6.07) is 14.2. The Kier molecular flexibility index (Phi) is 9.38. The van der Waals surface area contributed by atoms with Gasteiger partial charge in [-0.05, 0) is 55.3 Å². The number of methoxy groups -OCH3 is 2. The molecule has 2 N–H and O–H groups in total. The number of ketones is 1. The summed E-state index contributed by atoms with van der Waals surface area (Å²) in [7, 11) is -1.83. The molecule has 0 unspecified atom stereocenters. The number of carbonyl (C=O) groups excluding carboxylic acids is 3. The van der Waals surface area contributed by atoms with Crippen LogP contribution in [0.15, 0.2) is 78.2 Å². The lowest BCUT2D eigenvalue weighted by Crippen LogP contribution is -2.57. The van der Waals surface area contributed by atoms with Gasteiger partial charge in [-0.2, -0.15) is 0 Å². The van der Waals surface area contributed by atoms with Crippen molar-refractivity contribution >= 4 is 56.5 Å². The number of hydrogen-bond donors (Lipinski definition) is 1. The number of nitrogens with zero attached hydrogens (tertiary/aromatic N) is 2. The van der Waals surface area contributed by atoms with E-state index >= 15 is 0 Å². The number of primary amides is 1. The third kappa shape index (κ3) is 5.93. The molecule has 4 rings (SSSR count). The molecule has 10 nitrogen and oxygen atoms in total. The van der Waals surface area contributed by atoms with Crippen molar-refractivity contribution in [1.29, 1.82) is 0 Å². The van der Waals surface area contributed by atoms with Crippen LogP contribution in [0.25, 0.3) is 0 Å². The number of rotatable bonds is 11. The first-order valence-electron chi connectivity index (χ1n) is 13.0. The van der Waals surface area contributed by atoms with Crippen LogP contribution in [0.1, 0.15) is 28.8 Å². The number of amides is 2. The Labute approximate surface area is 259 Å². The van der Waals surface area contributed by atoms with Crippen LogP contribution >= 0.6 is 23.2 Å². The number of nitrogens with two attached hydrogens (primary N) is 1. The van der Waals surface area contributed by atoms with E-state index in [0.29, 0.717) is 6.42 Å². The molecule has 0 aromatic heterocycles. The van der Waals surface area contributed by atoms with Crippen molar-refractivity contribution in [3.05, 3.63) is 94.5 Å². The van der Waals surface area contributed by atoms with Crippen LogP contribution < -0.4 is 19.5 Å². The van der Waals surface area contributed by atoms with Gasteiger partial charge in [-0.1, -0.05) is 41.4 Å². The van der Waals surface area contributed by atoms with Gasteiger partial charge in [0.05, 0.1) is 29.8 Å². The summed E-state index contributed by atoms with van der Waals surface area (Å²) < 4.78 is 40.1.